The Kier molecular flexibility index (Phi) is 5.20. The molecule has 2 N–H and O–H groups in total. The number of primary amides is 1. The van der Waals surface area contributed by atoms with Crippen molar-refractivity contribution in [3.63, 3.8) is 0 Å². The maximum absolute atomic E-state index is 12.5. The van der Waals surface area contributed by atoms with Crippen molar-refractivity contribution in [2.75, 3.05) is 0 Å². The van der Waals surface area contributed by atoms with Gasteiger partial charge in [-0.05, 0) is 56.1 Å². The van der Waals surface area contributed by atoms with Crippen molar-refractivity contribution in [2.45, 2.75) is 51.8 Å². The van der Waals surface area contributed by atoms with Crippen LogP contribution in [-0.4, -0.2) is 34.3 Å². The highest BCUT2D eigenvalue weighted by Crippen LogP contribution is 2.29. The largest absolute Gasteiger partial charge is 0.460 e. The Morgan fingerprint density at radius 3 is 2.60 bits per heavy atom. The minimum atomic E-state index is -0.931. The van der Waals surface area contributed by atoms with Gasteiger partial charge in [-0.1, -0.05) is 0 Å². The van der Waals surface area contributed by atoms with Crippen LogP contribution in [0, 0.1) is 4.91 Å². The molecule has 0 spiro atoms. The zero-order valence-corrected chi connectivity index (χ0v) is 14.4. The Hall–Kier alpha value is -2.77. The summed E-state index contributed by atoms with van der Waals surface area (Å²) in [7, 11) is 0. The van der Waals surface area contributed by atoms with Crippen LogP contribution in [0.25, 0.3) is 0 Å². The first-order valence-corrected chi connectivity index (χ1v) is 7.91. The van der Waals surface area contributed by atoms with Crippen LogP contribution < -0.4 is 5.73 Å². The van der Waals surface area contributed by atoms with Crippen LogP contribution >= 0.6 is 0 Å². The van der Waals surface area contributed by atoms with E-state index in [0.717, 1.165) is 0 Å². The molecule has 1 heterocycles. The van der Waals surface area contributed by atoms with Gasteiger partial charge >= 0.3 is 5.97 Å². The van der Waals surface area contributed by atoms with E-state index in [9.17, 15) is 19.3 Å². The number of nitroso groups, excluding NO2 is 1. The molecule has 1 atom stereocenters. The molecule has 0 radical (unpaired) electrons. The van der Waals surface area contributed by atoms with Gasteiger partial charge in [0.15, 0.2) is 0 Å². The van der Waals surface area contributed by atoms with E-state index >= 15 is 0 Å². The number of nitrogens with two attached hydrogens (primary N) is 1. The highest BCUT2D eigenvalue weighted by atomic mass is 16.6. The predicted molar refractivity (Wildman–Crippen MR) is 89.8 cm³/mol. The number of amides is 2. The molecule has 0 fully saturated rings. The Labute approximate surface area is 145 Å². The molecule has 0 saturated heterocycles. The van der Waals surface area contributed by atoms with Crippen molar-refractivity contribution in [2.24, 2.45) is 10.9 Å². The lowest BCUT2D eigenvalue weighted by Gasteiger charge is -2.25. The van der Waals surface area contributed by atoms with Crippen molar-refractivity contribution < 1.29 is 19.1 Å². The minimum Gasteiger partial charge on any atom is -0.460 e. The molecule has 0 aromatic heterocycles. The second-order valence-corrected chi connectivity index (χ2v) is 6.91. The van der Waals surface area contributed by atoms with Crippen molar-refractivity contribution >= 4 is 23.5 Å². The first-order chi connectivity index (χ1) is 11.6. The number of hydrogen-bond donors (Lipinski definition) is 1. The van der Waals surface area contributed by atoms with Gasteiger partial charge in [-0.25, -0.2) is 0 Å². The van der Waals surface area contributed by atoms with Crippen molar-refractivity contribution in [1.82, 2.24) is 4.90 Å². The van der Waals surface area contributed by atoms with E-state index in [1.54, 1.807) is 20.8 Å². The van der Waals surface area contributed by atoms with Gasteiger partial charge in [-0.3, -0.25) is 14.4 Å². The smallest absolute Gasteiger partial charge is 0.306 e. The molecule has 0 bridgehead atoms. The fraction of sp³-hybridized carbons (Fsp3) is 0.471. The van der Waals surface area contributed by atoms with E-state index in [4.69, 9.17) is 10.5 Å². The van der Waals surface area contributed by atoms with Gasteiger partial charge in [-0.15, -0.1) is 4.91 Å². The number of carbonyl (C=O) groups is 3. The SMILES string of the molecule is CC(C)(C)OC(=O)CCC(C(N)=O)N1Cc2cc(N=O)ccc2C1=O. The molecule has 25 heavy (non-hydrogen) atoms. The molecule has 1 aromatic carbocycles. The van der Waals surface area contributed by atoms with Crippen LogP contribution in [0.3, 0.4) is 0 Å². The van der Waals surface area contributed by atoms with Gasteiger partial charge in [0.1, 0.15) is 17.3 Å². The third kappa shape index (κ3) is 4.40. The molecule has 2 amide bonds. The van der Waals surface area contributed by atoms with Crippen molar-refractivity contribution in [3.8, 4) is 0 Å². The molecular weight excluding hydrogens is 326 g/mol. The summed E-state index contributed by atoms with van der Waals surface area (Å²) in [4.78, 5) is 48.1. The number of rotatable bonds is 6. The number of carbonyl (C=O) groups excluding carboxylic acids is 3. The molecule has 8 nitrogen and oxygen atoms in total. The van der Waals surface area contributed by atoms with E-state index in [1.807, 2.05) is 0 Å². The highest BCUT2D eigenvalue weighted by molar-refractivity contribution is 6.01. The second kappa shape index (κ2) is 7.00. The molecule has 0 saturated carbocycles. The lowest BCUT2D eigenvalue weighted by atomic mass is 10.1. The van der Waals surface area contributed by atoms with E-state index in [-0.39, 0.29) is 31.0 Å². The number of fused-ring (bicyclic) bond motifs is 1. The Morgan fingerprint density at radius 2 is 2.04 bits per heavy atom. The average Bonchev–Trinajstić information content (AvgIpc) is 2.81. The molecule has 1 aliphatic heterocycles. The van der Waals surface area contributed by atoms with Crippen LogP contribution in [-0.2, 0) is 20.9 Å². The fourth-order valence-electron chi connectivity index (χ4n) is 2.74. The van der Waals surface area contributed by atoms with Gasteiger partial charge in [0.2, 0.25) is 5.91 Å². The van der Waals surface area contributed by atoms with E-state index in [2.05, 4.69) is 5.18 Å². The molecule has 8 heteroatoms. The van der Waals surface area contributed by atoms with E-state index in [1.165, 1.54) is 23.1 Å². The first-order valence-electron chi connectivity index (χ1n) is 7.91. The molecule has 1 aromatic rings. The second-order valence-electron chi connectivity index (χ2n) is 6.91. The summed E-state index contributed by atoms with van der Waals surface area (Å²) >= 11 is 0. The molecule has 1 aliphatic rings. The topological polar surface area (TPSA) is 119 Å². The van der Waals surface area contributed by atoms with E-state index < -0.39 is 23.5 Å². The van der Waals surface area contributed by atoms with Crippen LogP contribution in [0.5, 0.6) is 0 Å². The molecule has 0 aliphatic carbocycles. The third-order valence-corrected chi connectivity index (χ3v) is 3.77. The molecular formula is C17H21N3O5. The first kappa shape index (κ1) is 18.6. The number of ether oxygens (including phenoxy) is 1. The van der Waals surface area contributed by atoms with Crippen LogP contribution in [0.2, 0.25) is 0 Å². The summed E-state index contributed by atoms with van der Waals surface area (Å²) in [6.07, 6.45) is 0.0366. The standard InChI is InChI=1S/C17H21N3O5/c1-17(2,3)25-14(21)7-6-13(15(18)22)20-9-10-8-11(19-24)4-5-12(10)16(20)23/h4-5,8,13H,6-7,9H2,1-3H3,(H2,18,22). The van der Waals surface area contributed by atoms with Gasteiger partial charge < -0.3 is 15.4 Å². The summed E-state index contributed by atoms with van der Waals surface area (Å²) in [5, 5.41) is 2.84. The summed E-state index contributed by atoms with van der Waals surface area (Å²) in [5.74, 6) is -1.52. The third-order valence-electron chi connectivity index (χ3n) is 3.77. The number of esters is 1. The molecule has 1 unspecified atom stereocenters. The van der Waals surface area contributed by atoms with Crippen molar-refractivity contribution in [1.29, 1.82) is 0 Å². The summed E-state index contributed by atoms with van der Waals surface area (Å²) in [5.41, 5.74) is 6.01. The van der Waals surface area contributed by atoms with Gasteiger partial charge in [0, 0.05) is 18.5 Å². The lowest BCUT2D eigenvalue weighted by molar-refractivity contribution is -0.155. The van der Waals surface area contributed by atoms with Gasteiger partial charge in [0.05, 0.1) is 0 Å². The maximum atomic E-state index is 12.5. The normalized spacial score (nSPS) is 14.8. The van der Waals surface area contributed by atoms with Gasteiger partial charge in [0.25, 0.3) is 5.91 Å². The molecule has 2 rings (SSSR count). The number of benzene rings is 1. The Morgan fingerprint density at radius 1 is 1.36 bits per heavy atom. The van der Waals surface area contributed by atoms with Crippen LogP contribution in [0.15, 0.2) is 23.4 Å². The van der Waals surface area contributed by atoms with Crippen LogP contribution in [0.4, 0.5) is 5.69 Å². The number of nitrogens with zero attached hydrogens (tertiary/aromatic N) is 2. The summed E-state index contributed by atoms with van der Waals surface area (Å²) in [6, 6.07) is 3.51. The maximum Gasteiger partial charge on any atom is 0.306 e. The Bertz CT molecular complexity index is 723. The predicted octanol–water partition coefficient (Wildman–Crippen LogP) is 2.02. The molecule has 134 valence electrons. The highest BCUT2D eigenvalue weighted by Gasteiger charge is 2.36. The van der Waals surface area contributed by atoms with Crippen molar-refractivity contribution in [3.05, 3.63) is 34.2 Å². The average molecular weight is 347 g/mol. The number of hydrogen-bond acceptors (Lipinski definition) is 6. The zero-order valence-electron chi connectivity index (χ0n) is 14.4. The monoisotopic (exact) mass is 347 g/mol. The van der Waals surface area contributed by atoms with E-state index in [0.29, 0.717) is 11.1 Å². The minimum absolute atomic E-state index is 0.0356. The fourth-order valence-corrected chi connectivity index (χ4v) is 2.74. The quantitative estimate of drug-likeness (QED) is 0.623. The zero-order chi connectivity index (χ0) is 18.8. The lowest BCUT2D eigenvalue weighted by Crippen LogP contribution is -2.45. The Balaban J connectivity index is 2.11. The summed E-state index contributed by atoms with van der Waals surface area (Å²) < 4.78 is 5.21. The van der Waals surface area contributed by atoms with Crippen LogP contribution in [0.1, 0.15) is 49.5 Å². The van der Waals surface area contributed by atoms with Gasteiger partial charge in [-0.2, -0.15) is 0 Å². The summed E-state index contributed by atoms with van der Waals surface area (Å²) in [6.45, 7) is 5.38.